The van der Waals surface area contributed by atoms with Crippen molar-refractivity contribution in [2.24, 2.45) is 0 Å². The largest absolute Gasteiger partial charge is 0.548 e. The SMILES string of the molecule is CC[C@H](NC(=O)Cc1c(C)c2cc3c(C)c(C)oc3cc2oc1=O)C(=O)[O-]. The van der Waals surface area contributed by atoms with Crippen LogP contribution in [0.2, 0.25) is 0 Å². The van der Waals surface area contributed by atoms with Crippen LogP contribution in [0.25, 0.3) is 21.9 Å². The number of aryl methyl sites for hydroxylation is 3. The molecule has 0 radical (unpaired) electrons. The van der Waals surface area contributed by atoms with Gasteiger partial charge >= 0.3 is 5.63 Å². The van der Waals surface area contributed by atoms with Gasteiger partial charge in [0.25, 0.3) is 0 Å². The second-order valence-electron chi connectivity index (χ2n) is 6.65. The molecule has 1 amide bonds. The lowest BCUT2D eigenvalue weighted by Gasteiger charge is -2.18. The second-order valence-corrected chi connectivity index (χ2v) is 6.65. The third kappa shape index (κ3) is 3.32. The molecule has 0 saturated heterocycles. The molecule has 1 N–H and O–H groups in total. The molecule has 0 aliphatic carbocycles. The summed E-state index contributed by atoms with van der Waals surface area (Å²) in [6, 6.07) is 2.46. The molecule has 2 heterocycles. The Morgan fingerprint density at radius 2 is 1.70 bits per heavy atom. The van der Waals surface area contributed by atoms with Crippen molar-refractivity contribution in [2.75, 3.05) is 0 Å². The zero-order chi connectivity index (χ0) is 19.9. The van der Waals surface area contributed by atoms with Gasteiger partial charge < -0.3 is 24.1 Å². The van der Waals surface area contributed by atoms with Crippen molar-refractivity contribution >= 4 is 33.8 Å². The molecule has 1 atom stereocenters. The van der Waals surface area contributed by atoms with Gasteiger partial charge in [-0.15, -0.1) is 0 Å². The Morgan fingerprint density at radius 3 is 2.33 bits per heavy atom. The van der Waals surface area contributed by atoms with E-state index >= 15 is 0 Å². The number of nitrogens with one attached hydrogen (secondary N) is 1. The lowest BCUT2D eigenvalue weighted by atomic mass is 10.0. The molecule has 3 rings (SSSR count). The van der Waals surface area contributed by atoms with Gasteiger partial charge in [-0.25, -0.2) is 4.79 Å². The zero-order valence-corrected chi connectivity index (χ0v) is 15.6. The summed E-state index contributed by atoms with van der Waals surface area (Å²) in [6.45, 7) is 7.17. The molecule has 7 nitrogen and oxygen atoms in total. The summed E-state index contributed by atoms with van der Waals surface area (Å²) in [5, 5.41) is 15.0. The Bertz CT molecular complexity index is 1120. The Hall–Kier alpha value is -3.09. The van der Waals surface area contributed by atoms with Crippen molar-refractivity contribution < 1.29 is 23.5 Å². The highest BCUT2D eigenvalue weighted by atomic mass is 16.4. The molecule has 0 bridgehead atoms. The Morgan fingerprint density at radius 1 is 1.07 bits per heavy atom. The van der Waals surface area contributed by atoms with E-state index in [9.17, 15) is 19.5 Å². The molecular weight excluding hydrogens is 350 g/mol. The number of amides is 1. The predicted octanol–water partition coefficient (Wildman–Crippen LogP) is 1.65. The van der Waals surface area contributed by atoms with Crippen molar-refractivity contribution in [3.63, 3.8) is 0 Å². The van der Waals surface area contributed by atoms with Crippen LogP contribution in [0.3, 0.4) is 0 Å². The molecule has 3 aromatic rings. The quantitative estimate of drug-likeness (QED) is 0.684. The van der Waals surface area contributed by atoms with Crippen LogP contribution in [0.4, 0.5) is 0 Å². The van der Waals surface area contributed by atoms with Gasteiger partial charge in [-0.05, 0) is 44.4 Å². The van der Waals surface area contributed by atoms with Gasteiger partial charge in [0, 0.05) is 16.8 Å². The standard InChI is InChI=1S/C20H21NO6/c1-5-15(19(23)24)21-18(22)7-14-10(3)13-6-12-9(2)11(4)26-16(12)8-17(13)27-20(14)25/h6,8,15H,5,7H2,1-4H3,(H,21,22)(H,23,24)/p-1/t15-/m0/s1. The normalized spacial score (nSPS) is 12.4. The number of carboxylic acids is 1. The Labute approximate surface area is 155 Å². The van der Waals surface area contributed by atoms with Gasteiger partial charge in [0.15, 0.2) is 0 Å². The van der Waals surface area contributed by atoms with Crippen molar-refractivity contribution in [2.45, 2.75) is 46.6 Å². The summed E-state index contributed by atoms with van der Waals surface area (Å²) in [7, 11) is 0. The third-order valence-corrected chi connectivity index (χ3v) is 4.95. The van der Waals surface area contributed by atoms with Crippen molar-refractivity contribution in [3.05, 3.63) is 45.0 Å². The van der Waals surface area contributed by atoms with E-state index in [0.717, 1.165) is 16.7 Å². The summed E-state index contributed by atoms with van der Waals surface area (Å²) in [6.07, 6.45) is -0.0776. The van der Waals surface area contributed by atoms with Crippen molar-refractivity contribution in [3.8, 4) is 0 Å². The maximum absolute atomic E-state index is 12.4. The lowest BCUT2D eigenvalue weighted by molar-refractivity contribution is -0.308. The molecule has 142 valence electrons. The minimum Gasteiger partial charge on any atom is -0.548 e. The summed E-state index contributed by atoms with van der Waals surface area (Å²) in [4.78, 5) is 35.6. The fourth-order valence-corrected chi connectivity index (χ4v) is 3.16. The molecule has 27 heavy (non-hydrogen) atoms. The van der Waals surface area contributed by atoms with E-state index in [0.29, 0.717) is 22.1 Å². The number of aliphatic carboxylic acids is 1. The van der Waals surface area contributed by atoms with Crippen LogP contribution in [0.5, 0.6) is 0 Å². The van der Waals surface area contributed by atoms with Gasteiger partial charge in [0.1, 0.15) is 16.9 Å². The van der Waals surface area contributed by atoms with Crippen LogP contribution in [0.1, 0.15) is 35.8 Å². The average Bonchev–Trinajstić information content (AvgIpc) is 2.88. The number of rotatable bonds is 5. The van der Waals surface area contributed by atoms with Gasteiger partial charge in [0.05, 0.1) is 24.0 Å². The molecule has 0 spiro atoms. The average molecular weight is 370 g/mol. The number of carboxylic acid groups (broad SMARTS) is 1. The smallest absolute Gasteiger partial charge is 0.340 e. The summed E-state index contributed by atoms with van der Waals surface area (Å²) >= 11 is 0. The predicted molar refractivity (Wildman–Crippen MR) is 97.4 cm³/mol. The first-order chi connectivity index (χ1) is 12.7. The molecule has 0 saturated carbocycles. The number of hydrogen-bond donors (Lipinski definition) is 1. The fraction of sp³-hybridized carbons (Fsp3) is 0.350. The van der Waals surface area contributed by atoms with Crippen molar-refractivity contribution in [1.82, 2.24) is 5.32 Å². The third-order valence-electron chi connectivity index (χ3n) is 4.95. The second kappa shape index (κ2) is 6.90. The molecule has 0 unspecified atom stereocenters. The van der Waals surface area contributed by atoms with Gasteiger partial charge in [-0.3, -0.25) is 4.79 Å². The van der Waals surface area contributed by atoms with Crippen LogP contribution in [0, 0.1) is 20.8 Å². The molecular formula is C20H20NO6-. The highest BCUT2D eigenvalue weighted by Gasteiger charge is 2.19. The van der Waals surface area contributed by atoms with E-state index in [1.54, 1.807) is 19.9 Å². The number of carbonyl (C=O) groups is 2. The number of benzene rings is 1. The molecule has 7 heteroatoms. The molecule has 2 aromatic heterocycles. The van der Waals surface area contributed by atoms with Crippen LogP contribution >= 0.6 is 0 Å². The molecule has 0 aliphatic heterocycles. The lowest BCUT2D eigenvalue weighted by Crippen LogP contribution is -2.48. The topological polar surface area (TPSA) is 113 Å². The highest BCUT2D eigenvalue weighted by Crippen LogP contribution is 2.30. The maximum Gasteiger partial charge on any atom is 0.340 e. The molecule has 0 aliphatic rings. The molecule has 0 fully saturated rings. The minimum atomic E-state index is -1.36. The summed E-state index contributed by atoms with van der Waals surface area (Å²) < 4.78 is 11.1. The van der Waals surface area contributed by atoms with Crippen LogP contribution in [0.15, 0.2) is 25.8 Å². The Balaban J connectivity index is 2.04. The van der Waals surface area contributed by atoms with Crippen LogP contribution in [-0.2, 0) is 16.0 Å². The van der Waals surface area contributed by atoms with E-state index in [2.05, 4.69) is 5.32 Å². The van der Waals surface area contributed by atoms with E-state index in [1.165, 1.54) is 0 Å². The van der Waals surface area contributed by atoms with E-state index in [4.69, 9.17) is 8.83 Å². The number of fused-ring (bicyclic) bond motifs is 2. The zero-order valence-electron chi connectivity index (χ0n) is 15.6. The number of carbonyl (C=O) groups excluding carboxylic acids is 2. The van der Waals surface area contributed by atoms with E-state index in [1.807, 2.05) is 19.9 Å². The van der Waals surface area contributed by atoms with Gasteiger partial charge in [-0.1, -0.05) is 6.92 Å². The fourth-order valence-electron chi connectivity index (χ4n) is 3.16. The van der Waals surface area contributed by atoms with Crippen molar-refractivity contribution in [1.29, 1.82) is 0 Å². The van der Waals surface area contributed by atoms with E-state index < -0.39 is 23.5 Å². The van der Waals surface area contributed by atoms with Gasteiger partial charge in [0.2, 0.25) is 5.91 Å². The maximum atomic E-state index is 12.4. The van der Waals surface area contributed by atoms with Crippen LogP contribution < -0.4 is 16.0 Å². The molecule has 1 aromatic carbocycles. The first kappa shape index (κ1) is 18.7. The first-order valence-corrected chi connectivity index (χ1v) is 8.69. The van der Waals surface area contributed by atoms with Gasteiger partial charge in [-0.2, -0.15) is 0 Å². The van der Waals surface area contributed by atoms with E-state index in [-0.39, 0.29) is 18.4 Å². The first-order valence-electron chi connectivity index (χ1n) is 8.69. The summed E-state index contributed by atoms with van der Waals surface area (Å²) in [5.74, 6) is -1.15. The minimum absolute atomic E-state index is 0.191. The Kier molecular flexibility index (Phi) is 4.78. The monoisotopic (exact) mass is 370 g/mol. The summed E-state index contributed by atoms with van der Waals surface area (Å²) in [5.41, 5.74) is 2.20. The highest BCUT2D eigenvalue weighted by molar-refractivity contribution is 5.97. The van der Waals surface area contributed by atoms with Crippen LogP contribution in [-0.4, -0.2) is 17.9 Å². The number of furan rings is 1. The number of hydrogen-bond acceptors (Lipinski definition) is 6.